The van der Waals surface area contributed by atoms with Crippen LogP contribution >= 0.6 is 0 Å². The molecule has 1 aromatic rings. The lowest BCUT2D eigenvalue weighted by atomic mass is 10.1. The van der Waals surface area contributed by atoms with Gasteiger partial charge in [0.1, 0.15) is 11.7 Å². The Balaban J connectivity index is 3.25. The zero-order valence-corrected chi connectivity index (χ0v) is 11.1. The first-order valence-electron chi connectivity index (χ1n) is 6.09. The van der Waals surface area contributed by atoms with Gasteiger partial charge in [0.2, 0.25) is 0 Å². The molecule has 0 aliphatic rings. The fourth-order valence-corrected chi connectivity index (χ4v) is 1.86. The third kappa shape index (κ3) is 2.96. The van der Waals surface area contributed by atoms with E-state index in [4.69, 9.17) is 11.1 Å². The van der Waals surface area contributed by atoms with Crippen molar-refractivity contribution >= 4 is 11.7 Å². The number of amidine groups is 1. The molecule has 4 nitrogen and oxygen atoms in total. The molecule has 4 heteroatoms. The van der Waals surface area contributed by atoms with Crippen molar-refractivity contribution in [1.82, 2.24) is 4.98 Å². The molecule has 1 unspecified atom stereocenters. The number of pyridine rings is 1. The Morgan fingerprint density at radius 1 is 1.47 bits per heavy atom. The molecule has 0 bridgehead atoms. The molecule has 0 aromatic carbocycles. The molecule has 0 spiro atoms. The molecular weight excluding hydrogens is 212 g/mol. The average molecular weight is 234 g/mol. The molecule has 0 aliphatic heterocycles. The summed E-state index contributed by atoms with van der Waals surface area (Å²) in [5, 5.41) is 7.62. The minimum atomic E-state index is 0.0780. The van der Waals surface area contributed by atoms with Gasteiger partial charge in [0.25, 0.3) is 0 Å². The van der Waals surface area contributed by atoms with Gasteiger partial charge >= 0.3 is 0 Å². The number of hydrogen-bond donors (Lipinski definition) is 2. The summed E-state index contributed by atoms with van der Waals surface area (Å²) < 4.78 is 0. The van der Waals surface area contributed by atoms with E-state index in [0.717, 1.165) is 30.0 Å². The minimum Gasteiger partial charge on any atom is -0.384 e. The Morgan fingerprint density at radius 3 is 2.59 bits per heavy atom. The van der Waals surface area contributed by atoms with Crippen LogP contribution in [0, 0.1) is 12.3 Å². The summed E-state index contributed by atoms with van der Waals surface area (Å²) in [7, 11) is 0. The number of aryl methyl sites for hydroxylation is 1. The number of nitrogens with zero attached hydrogens (tertiary/aromatic N) is 2. The quantitative estimate of drug-likeness (QED) is 0.607. The topological polar surface area (TPSA) is 66.0 Å². The van der Waals surface area contributed by atoms with Gasteiger partial charge in [-0.15, -0.1) is 0 Å². The first kappa shape index (κ1) is 13.5. The molecule has 17 heavy (non-hydrogen) atoms. The first-order chi connectivity index (χ1) is 8.01. The van der Waals surface area contributed by atoms with Crippen LogP contribution in [0.25, 0.3) is 0 Å². The number of hydrogen-bond acceptors (Lipinski definition) is 3. The number of rotatable bonds is 5. The summed E-state index contributed by atoms with van der Waals surface area (Å²) in [4.78, 5) is 6.74. The van der Waals surface area contributed by atoms with Crippen LogP contribution in [0.2, 0.25) is 0 Å². The fourth-order valence-electron chi connectivity index (χ4n) is 1.86. The van der Waals surface area contributed by atoms with E-state index in [2.05, 4.69) is 30.7 Å². The van der Waals surface area contributed by atoms with Crippen LogP contribution in [0.1, 0.15) is 38.4 Å². The highest BCUT2D eigenvalue weighted by Gasteiger charge is 2.17. The lowest BCUT2D eigenvalue weighted by molar-refractivity contribution is 0.622. The Labute approximate surface area is 103 Å². The van der Waals surface area contributed by atoms with Crippen LogP contribution < -0.4 is 10.6 Å². The summed E-state index contributed by atoms with van der Waals surface area (Å²) in [5.74, 6) is 0.906. The van der Waals surface area contributed by atoms with Crippen molar-refractivity contribution in [3.63, 3.8) is 0 Å². The maximum absolute atomic E-state index is 7.62. The third-order valence-corrected chi connectivity index (χ3v) is 3.04. The monoisotopic (exact) mass is 234 g/mol. The Hall–Kier alpha value is -1.58. The molecule has 0 amide bonds. The van der Waals surface area contributed by atoms with Gasteiger partial charge in [0.05, 0.1) is 5.56 Å². The van der Waals surface area contributed by atoms with Crippen molar-refractivity contribution in [3.8, 4) is 0 Å². The highest BCUT2D eigenvalue weighted by Crippen LogP contribution is 2.21. The smallest absolute Gasteiger partial charge is 0.140 e. The van der Waals surface area contributed by atoms with Gasteiger partial charge in [0.15, 0.2) is 0 Å². The zero-order valence-electron chi connectivity index (χ0n) is 11.1. The maximum Gasteiger partial charge on any atom is 0.140 e. The maximum atomic E-state index is 7.62. The largest absolute Gasteiger partial charge is 0.384 e. The summed E-state index contributed by atoms with van der Waals surface area (Å²) in [6, 6.07) is 4.17. The van der Waals surface area contributed by atoms with Gasteiger partial charge in [-0.25, -0.2) is 4.98 Å². The summed E-state index contributed by atoms with van der Waals surface area (Å²) >= 11 is 0. The van der Waals surface area contributed by atoms with Crippen LogP contribution in [0.15, 0.2) is 12.1 Å². The van der Waals surface area contributed by atoms with Crippen LogP contribution in [0.3, 0.4) is 0 Å². The van der Waals surface area contributed by atoms with Gasteiger partial charge in [-0.3, -0.25) is 5.41 Å². The Morgan fingerprint density at radius 2 is 2.12 bits per heavy atom. The highest BCUT2D eigenvalue weighted by molar-refractivity contribution is 5.99. The second-order valence-corrected chi connectivity index (χ2v) is 4.28. The van der Waals surface area contributed by atoms with Gasteiger partial charge in [-0.2, -0.15) is 0 Å². The van der Waals surface area contributed by atoms with Crippen molar-refractivity contribution < 1.29 is 0 Å². The number of nitrogens with one attached hydrogen (secondary N) is 1. The van der Waals surface area contributed by atoms with E-state index in [1.807, 2.05) is 19.1 Å². The minimum absolute atomic E-state index is 0.0780. The van der Waals surface area contributed by atoms with E-state index < -0.39 is 0 Å². The standard InChI is InChI=1S/C13H22N4/c1-5-10(4)17(6-2)13-11(12(14)15)8-7-9(3)16-13/h7-8,10H,5-6H2,1-4H3,(H3,14,15). The molecule has 3 N–H and O–H groups in total. The predicted molar refractivity (Wildman–Crippen MR) is 72.8 cm³/mol. The SMILES string of the molecule is CCC(C)N(CC)c1nc(C)ccc1C(=N)N. The Bertz CT molecular complexity index is 400. The number of nitrogen functional groups attached to an aromatic ring is 1. The van der Waals surface area contributed by atoms with Crippen LogP contribution in [0.5, 0.6) is 0 Å². The second kappa shape index (κ2) is 5.66. The Kier molecular flexibility index (Phi) is 4.49. The number of anilines is 1. The van der Waals surface area contributed by atoms with Crippen molar-refractivity contribution in [1.29, 1.82) is 5.41 Å². The molecule has 1 aromatic heterocycles. The molecule has 0 fully saturated rings. The van der Waals surface area contributed by atoms with E-state index in [0.29, 0.717) is 6.04 Å². The first-order valence-corrected chi connectivity index (χ1v) is 6.09. The zero-order chi connectivity index (χ0) is 13.0. The lowest BCUT2D eigenvalue weighted by Gasteiger charge is -2.30. The van der Waals surface area contributed by atoms with E-state index >= 15 is 0 Å². The van der Waals surface area contributed by atoms with E-state index in [1.165, 1.54) is 0 Å². The highest BCUT2D eigenvalue weighted by atomic mass is 15.2. The van der Waals surface area contributed by atoms with Gasteiger partial charge < -0.3 is 10.6 Å². The fraction of sp³-hybridized carbons (Fsp3) is 0.538. The molecule has 0 aliphatic carbocycles. The van der Waals surface area contributed by atoms with Crippen molar-refractivity contribution in [2.45, 2.75) is 40.2 Å². The summed E-state index contributed by atoms with van der Waals surface area (Å²) in [6.07, 6.45) is 1.04. The van der Waals surface area contributed by atoms with E-state index in [-0.39, 0.29) is 5.84 Å². The lowest BCUT2D eigenvalue weighted by Crippen LogP contribution is -2.35. The molecule has 94 valence electrons. The summed E-state index contributed by atoms with van der Waals surface area (Å²) in [5.41, 5.74) is 7.29. The molecule has 0 radical (unpaired) electrons. The van der Waals surface area contributed by atoms with Crippen LogP contribution in [0.4, 0.5) is 5.82 Å². The third-order valence-electron chi connectivity index (χ3n) is 3.04. The van der Waals surface area contributed by atoms with Crippen molar-refractivity contribution in [2.75, 3.05) is 11.4 Å². The molecule has 1 rings (SSSR count). The average Bonchev–Trinajstić information content (AvgIpc) is 2.29. The van der Waals surface area contributed by atoms with Crippen molar-refractivity contribution in [2.24, 2.45) is 5.73 Å². The number of aromatic nitrogens is 1. The van der Waals surface area contributed by atoms with E-state index in [9.17, 15) is 0 Å². The van der Waals surface area contributed by atoms with Crippen molar-refractivity contribution in [3.05, 3.63) is 23.4 Å². The van der Waals surface area contributed by atoms with Crippen LogP contribution in [-0.2, 0) is 0 Å². The van der Waals surface area contributed by atoms with Gasteiger partial charge in [-0.05, 0) is 39.3 Å². The van der Waals surface area contributed by atoms with Gasteiger partial charge in [-0.1, -0.05) is 6.92 Å². The van der Waals surface area contributed by atoms with Crippen LogP contribution in [-0.4, -0.2) is 23.4 Å². The molecule has 0 saturated carbocycles. The molecular formula is C13H22N4. The van der Waals surface area contributed by atoms with Gasteiger partial charge in [0, 0.05) is 18.3 Å². The molecule has 1 heterocycles. The number of nitrogens with two attached hydrogens (primary N) is 1. The van der Waals surface area contributed by atoms with E-state index in [1.54, 1.807) is 0 Å². The normalized spacial score (nSPS) is 12.2. The predicted octanol–water partition coefficient (Wildman–Crippen LogP) is 2.30. The molecule has 0 saturated heterocycles. The summed E-state index contributed by atoms with van der Waals surface area (Å²) in [6.45, 7) is 9.23. The second-order valence-electron chi connectivity index (χ2n) is 4.28. The molecule has 1 atom stereocenters.